The van der Waals surface area contributed by atoms with Gasteiger partial charge >= 0.3 is 0 Å². The fourth-order valence-electron chi connectivity index (χ4n) is 2.61. The first kappa shape index (κ1) is 15.0. The number of amides is 1. The number of fused-ring (bicyclic) bond motifs is 1. The number of carbonyl (C=O) groups is 1. The van der Waals surface area contributed by atoms with Crippen molar-refractivity contribution in [1.29, 1.82) is 0 Å². The molecule has 1 N–H and O–H groups in total. The molecule has 1 atom stereocenters. The molecule has 0 spiro atoms. The number of rotatable bonds is 5. The van der Waals surface area contributed by atoms with Crippen molar-refractivity contribution in [2.24, 2.45) is 0 Å². The molecule has 4 nitrogen and oxygen atoms in total. The highest BCUT2D eigenvalue weighted by Crippen LogP contribution is 2.28. The van der Waals surface area contributed by atoms with Gasteiger partial charge in [-0.25, -0.2) is 0 Å². The molecule has 0 fully saturated rings. The van der Waals surface area contributed by atoms with Gasteiger partial charge in [0.05, 0.1) is 6.20 Å². The molecule has 0 aliphatic heterocycles. The normalized spacial score (nSPS) is 12.0. The smallest absolute Gasteiger partial charge is 0.244 e. The molecule has 0 aliphatic carbocycles. The minimum atomic E-state index is -0.362. The molecular formula is C19H19N3O. The molecule has 0 radical (unpaired) electrons. The van der Waals surface area contributed by atoms with Gasteiger partial charge in [0.1, 0.15) is 6.04 Å². The first-order valence-electron chi connectivity index (χ1n) is 7.61. The van der Waals surface area contributed by atoms with Crippen LogP contribution in [0.3, 0.4) is 0 Å². The van der Waals surface area contributed by atoms with Crippen molar-refractivity contribution in [3.8, 4) is 11.1 Å². The molecule has 0 aliphatic rings. The Balaban J connectivity index is 1.92. The van der Waals surface area contributed by atoms with Crippen molar-refractivity contribution in [1.82, 2.24) is 15.1 Å². The molecule has 2 aromatic carbocycles. The van der Waals surface area contributed by atoms with Crippen molar-refractivity contribution >= 4 is 16.7 Å². The monoisotopic (exact) mass is 305 g/mol. The maximum atomic E-state index is 12.0. The van der Waals surface area contributed by atoms with Crippen LogP contribution in [0.2, 0.25) is 0 Å². The van der Waals surface area contributed by atoms with E-state index in [1.165, 1.54) is 10.8 Å². The summed E-state index contributed by atoms with van der Waals surface area (Å²) in [6, 6.07) is 14.1. The topological polar surface area (TPSA) is 46.9 Å². The summed E-state index contributed by atoms with van der Waals surface area (Å²) in [5, 5.41) is 9.52. The Bertz CT molecular complexity index is 845. The van der Waals surface area contributed by atoms with Crippen LogP contribution in [0.5, 0.6) is 0 Å². The molecule has 3 rings (SSSR count). The molecule has 116 valence electrons. The average molecular weight is 305 g/mol. The zero-order valence-electron chi connectivity index (χ0n) is 13.1. The number of aromatic nitrogens is 2. The molecule has 4 heteroatoms. The van der Waals surface area contributed by atoms with Crippen LogP contribution >= 0.6 is 0 Å². The van der Waals surface area contributed by atoms with Crippen LogP contribution in [0.4, 0.5) is 0 Å². The zero-order chi connectivity index (χ0) is 16.2. The van der Waals surface area contributed by atoms with Gasteiger partial charge < -0.3 is 5.32 Å². The fourth-order valence-corrected chi connectivity index (χ4v) is 2.61. The first-order chi connectivity index (χ1) is 11.2. The Morgan fingerprint density at radius 3 is 2.91 bits per heavy atom. The molecule has 3 aromatic rings. The predicted octanol–water partition coefficient (Wildman–Crippen LogP) is 3.57. The van der Waals surface area contributed by atoms with Crippen molar-refractivity contribution in [3.05, 3.63) is 67.5 Å². The van der Waals surface area contributed by atoms with E-state index in [0.717, 1.165) is 11.1 Å². The Morgan fingerprint density at radius 1 is 1.30 bits per heavy atom. The van der Waals surface area contributed by atoms with Crippen LogP contribution in [0, 0.1) is 0 Å². The molecular weight excluding hydrogens is 286 g/mol. The van der Waals surface area contributed by atoms with E-state index in [9.17, 15) is 4.79 Å². The largest absolute Gasteiger partial charge is 0.351 e. The average Bonchev–Trinajstić information content (AvgIpc) is 3.08. The van der Waals surface area contributed by atoms with E-state index < -0.39 is 0 Å². The lowest BCUT2D eigenvalue weighted by atomic mass is 10.0. The second-order valence-corrected chi connectivity index (χ2v) is 5.45. The predicted molar refractivity (Wildman–Crippen MR) is 93.1 cm³/mol. The van der Waals surface area contributed by atoms with Crippen molar-refractivity contribution < 1.29 is 4.79 Å². The van der Waals surface area contributed by atoms with E-state index in [1.807, 2.05) is 31.3 Å². The van der Waals surface area contributed by atoms with Crippen LogP contribution < -0.4 is 5.32 Å². The standard InChI is InChI=1S/C19H19N3O/c1-3-11-20-19(23)14(2)22-13-16(12-21-22)18-10-6-8-15-7-4-5-9-17(15)18/h3-10,12-14H,1,11H2,2H3,(H,20,23). The van der Waals surface area contributed by atoms with Gasteiger partial charge in [-0.1, -0.05) is 48.5 Å². The molecule has 0 bridgehead atoms. The summed E-state index contributed by atoms with van der Waals surface area (Å²) in [6.45, 7) is 5.89. The molecule has 1 heterocycles. The summed E-state index contributed by atoms with van der Waals surface area (Å²) < 4.78 is 1.69. The third-order valence-electron chi connectivity index (χ3n) is 3.90. The summed E-state index contributed by atoms with van der Waals surface area (Å²) in [5.74, 6) is -0.0718. The summed E-state index contributed by atoms with van der Waals surface area (Å²) in [6.07, 6.45) is 5.38. The Kier molecular flexibility index (Phi) is 4.24. The zero-order valence-corrected chi connectivity index (χ0v) is 13.1. The van der Waals surface area contributed by atoms with Crippen LogP contribution in [-0.4, -0.2) is 22.2 Å². The van der Waals surface area contributed by atoms with Crippen LogP contribution in [0.15, 0.2) is 67.5 Å². The summed E-state index contributed by atoms with van der Waals surface area (Å²) in [7, 11) is 0. The minimum absolute atomic E-state index is 0.0718. The minimum Gasteiger partial charge on any atom is -0.351 e. The van der Waals surface area contributed by atoms with E-state index in [4.69, 9.17) is 0 Å². The van der Waals surface area contributed by atoms with E-state index >= 15 is 0 Å². The van der Waals surface area contributed by atoms with Gasteiger partial charge in [0, 0.05) is 18.3 Å². The lowest BCUT2D eigenvalue weighted by Crippen LogP contribution is -2.31. The molecule has 1 unspecified atom stereocenters. The Labute approximate surface area is 135 Å². The number of hydrogen-bond donors (Lipinski definition) is 1. The summed E-state index contributed by atoms with van der Waals surface area (Å²) in [4.78, 5) is 12.0. The number of benzene rings is 2. The van der Waals surface area contributed by atoms with Crippen LogP contribution in [0.25, 0.3) is 21.9 Å². The third kappa shape index (κ3) is 3.01. The van der Waals surface area contributed by atoms with E-state index in [-0.39, 0.29) is 11.9 Å². The van der Waals surface area contributed by atoms with Gasteiger partial charge in [-0.05, 0) is 23.3 Å². The highest BCUT2D eigenvalue weighted by molar-refractivity contribution is 5.96. The number of hydrogen-bond acceptors (Lipinski definition) is 2. The van der Waals surface area contributed by atoms with Gasteiger partial charge in [-0.3, -0.25) is 9.48 Å². The Hall–Kier alpha value is -2.88. The quantitative estimate of drug-likeness (QED) is 0.733. The third-order valence-corrected chi connectivity index (χ3v) is 3.90. The van der Waals surface area contributed by atoms with Gasteiger partial charge in [0.2, 0.25) is 5.91 Å². The SMILES string of the molecule is C=CCNC(=O)C(C)n1cc(-c2cccc3ccccc23)cn1. The van der Waals surface area contributed by atoms with Gasteiger partial charge in [-0.2, -0.15) is 5.10 Å². The van der Waals surface area contributed by atoms with Gasteiger partial charge in [0.25, 0.3) is 0 Å². The fraction of sp³-hybridized carbons (Fsp3) is 0.158. The highest BCUT2D eigenvalue weighted by Gasteiger charge is 2.16. The van der Waals surface area contributed by atoms with Crippen LogP contribution in [0.1, 0.15) is 13.0 Å². The number of carbonyl (C=O) groups excluding carboxylic acids is 1. The summed E-state index contributed by atoms with van der Waals surface area (Å²) in [5.41, 5.74) is 2.12. The van der Waals surface area contributed by atoms with Crippen molar-refractivity contribution in [2.45, 2.75) is 13.0 Å². The van der Waals surface area contributed by atoms with E-state index in [2.05, 4.69) is 41.3 Å². The molecule has 0 saturated carbocycles. The van der Waals surface area contributed by atoms with Crippen LogP contribution in [-0.2, 0) is 4.79 Å². The maximum Gasteiger partial charge on any atom is 0.244 e. The first-order valence-corrected chi connectivity index (χ1v) is 7.61. The number of nitrogens with zero attached hydrogens (tertiary/aromatic N) is 2. The lowest BCUT2D eigenvalue weighted by molar-refractivity contribution is -0.123. The molecule has 0 saturated heterocycles. The van der Waals surface area contributed by atoms with E-state index in [1.54, 1.807) is 17.0 Å². The van der Waals surface area contributed by atoms with Gasteiger partial charge in [0.15, 0.2) is 0 Å². The Morgan fingerprint density at radius 2 is 2.09 bits per heavy atom. The second kappa shape index (κ2) is 6.48. The summed E-state index contributed by atoms with van der Waals surface area (Å²) >= 11 is 0. The second-order valence-electron chi connectivity index (χ2n) is 5.45. The van der Waals surface area contributed by atoms with Gasteiger partial charge in [-0.15, -0.1) is 6.58 Å². The maximum absolute atomic E-state index is 12.0. The van der Waals surface area contributed by atoms with Crippen molar-refractivity contribution in [3.63, 3.8) is 0 Å². The van der Waals surface area contributed by atoms with E-state index in [0.29, 0.717) is 6.54 Å². The molecule has 1 amide bonds. The van der Waals surface area contributed by atoms with Crippen molar-refractivity contribution in [2.75, 3.05) is 6.54 Å². The lowest BCUT2D eigenvalue weighted by Gasteiger charge is -2.11. The number of nitrogens with one attached hydrogen (secondary N) is 1. The highest BCUT2D eigenvalue weighted by atomic mass is 16.2. The molecule has 23 heavy (non-hydrogen) atoms. The molecule has 1 aromatic heterocycles.